The van der Waals surface area contributed by atoms with Crippen LogP contribution in [0.5, 0.6) is 0 Å². The number of pyridine rings is 1. The van der Waals surface area contributed by atoms with Crippen LogP contribution >= 0.6 is 0 Å². The van der Waals surface area contributed by atoms with Gasteiger partial charge in [-0.3, -0.25) is 9.30 Å². The van der Waals surface area contributed by atoms with E-state index >= 15 is 0 Å². The summed E-state index contributed by atoms with van der Waals surface area (Å²) in [6.45, 7) is 0.558. The van der Waals surface area contributed by atoms with E-state index in [0.717, 1.165) is 0 Å². The van der Waals surface area contributed by atoms with E-state index in [4.69, 9.17) is 10.5 Å². The lowest BCUT2D eigenvalue weighted by atomic mass is 10.1. The highest BCUT2D eigenvalue weighted by Crippen LogP contribution is 2.29. The van der Waals surface area contributed by atoms with Crippen LogP contribution in [0.15, 0.2) is 42.9 Å². The Labute approximate surface area is 136 Å². The average molecular weight is 327 g/mol. The van der Waals surface area contributed by atoms with Crippen molar-refractivity contribution < 1.29 is 13.9 Å². The first-order valence-corrected chi connectivity index (χ1v) is 7.43. The second-order valence-corrected chi connectivity index (χ2v) is 5.53. The summed E-state index contributed by atoms with van der Waals surface area (Å²) in [6, 6.07) is 8.19. The molecule has 3 heterocycles. The number of cyclic esters (lactones) is 1. The first-order chi connectivity index (χ1) is 11.7. The van der Waals surface area contributed by atoms with Crippen molar-refractivity contribution in [3.8, 4) is 11.1 Å². The Hall–Kier alpha value is -3.00. The van der Waals surface area contributed by atoms with E-state index in [1.807, 2.05) is 0 Å². The van der Waals surface area contributed by atoms with Crippen LogP contribution in [0.25, 0.3) is 16.8 Å². The van der Waals surface area contributed by atoms with E-state index in [1.165, 1.54) is 11.0 Å². The zero-order valence-electron chi connectivity index (χ0n) is 12.6. The van der Waals surface area contributed by atoms with Crippen LogP contribution in [0.3, 0.4) is 0 Å². The molecular formula is C16H14FN5O2. The molecule has 0 aliphatic carbocycles. The van der Waals surface area contributed by atoms with Crippen molar-refractivity contribution in [2.45, 2.75) is 6.10 Å². The van der Waals surface area contributed by atoms with Gasteiger partial charge >= 0.3 is 6.09 Å². The lowest BCUT2D eigenvalue weighted by molar-refractivity contribution is 0.145. The zero-order valence-corrected chi connectivity index (χ0v) is 12.6. The predicted molar refractivity (Wildman–Crippen MR) is 85.1 cm³/mol. The van der Waals surface area contributed by atoms with Gasteiger partial charge in [-0.25, -0.2) is 9.18 Å². The lowest BCUT2D eigenvalue weighted by Crippen LogP contribution is -2.27. The van der Waals surface area contributed by atoms with Gasteiger partial charge in [0.15, 0.2) is 5.65 Å². The minimum atomic E-state index is -0.511. The van der Waals surface area contributed by atoms with Crippen molar-refractivity contribution in [3.63, 3.8) is 0 Å². The fraction of sp³-hybridized carbons (Fsp3) is 0.188. The molecule has 0 spiro atoms. The number of benzene rings is 1. The summed E-state index contributed by atoms with van der Waals surface area (Å²) >= 11 is 0. The molecule has 1 saturated heterocycles. The average Bonchev–Trinajstić information content (AvgIpc) is 3.20. The number of anilines is 1. The van der Waals surface area contributed by atoms with Gasteiger partial charge in [-0.2, -0.15) is 0 Å². The van der Waals surface area contributed by atoms with Gasteiger partial charge in [-0.15, -0.1) is 10.2 Å². The molecule has 0 bridgehead atoms. The van der Waals surface area contributed by atoms with Gasteiger partial charge in [-0.05, 0) is 30.3 Å². The number of carbonyl (C=O) groups is 1. The van der Waals surface area contributed by atoms with Crippen molar-refractivity contribution in [3.05, 3.63) is 48.7 Å². The molecule has 1 aliphatic heterocycles. The zero-order chi connectivity index (χ0) is 16.7. The molecule has 8 heteroatoms. The number of fused-ring (bicyclic) bond motifs is 1. The third-order valence-electron chi connectivity index (χ3n) is 4.00. The number of nitrogens with zero attached hydrogens (tertiary/aromatic N) is 4. The number of nitrogens with two attached hydrogens (primary N) is 1. The summed E-state index contributed by atoms with van der Waals surface area (Å²) in [6.07, 6.45) is 2.43. The number of aromatic nitrogens is 3. The van der Waals surface area contributed by atoms with Crippen molar-refractivity contribution in [1.29, 1.82) is 0 Å². The highest BCUT2D eigenvalue weighted by molar-refractivity contribution is 5.90. The Kier molecular flexibility index (Phi) is 3.39. The molecule has 2 N–H and O–H groups in total. The topological polar surface area (TPSA) is 85.8 Å². The van der Waals surface area contributed by atoms with Crippen LogP contribution in [-0.4, -0.2) is 39.9 Å². The van der Waals surface area contributed by atoms with E-state index in [2.05, 4.69) is 10.2 Å². The van der Waals surface area contributed by atoms with Gasteiger partial charge in [0.25, 0.3) is 0 Å². The Bertz CT molecular complexity index is 926. The summed E-state index contributed by atoms with van der Waals surface area (Å²) in [5.74, 6) is -0.427. The quantitative estimate of drug-likeness (QED) is 0.793. The number of hydrogen-bond acceptors (Lipinski definition) is 5. The molecule has 122 valence electrons. The summed E-state index contributed by atoms with van der Waals surface area (Å²) in [5, 5.41) is 7.72. The first kappa shape index (κ1) is 14.6. The molecule has 1 atom stereocenters. The molecule has 0 unspecified atom stereocenters. The van der Waals surface area contributed by atoms with Crippen molar-refractivity contribution in [1.82, 2.24) is 14.6 Å². The maximum absolute atomic E-state index is 14.6. The molecule has 24 heavy (non-hydrogen) atoms. The van der Waals surface area contributed by atoms with Crippen LogP contribution < -0.4 is 10.6 Å². The first-order valence-electron chi connectivity index (χ1n) is 7.43. The van der Waals surface area contributed by atoms with E-state index in [-0.39, 0.29) is 12.6 Å². The smallest absolute Gasteiger partial charge is 0.414 e. The van der Waals surface area contributed by atoms with Gasteiger partial charge in [0.05, 0.1) is 12.2 Å². The fourth-order valence-electron chi connectivity index (χ4n) is 2.75. The summed E-state index contributed by atoms with van der Waals surface area (Å²) in [7, 11) is 0. The Morgan fingerprint density at radius 2 is 2.21 bits per heavy atom. The van der Waals surface area contributed by atoms with Gasteiger partial charge < -0.3 is 10.5 Å². The van der Waals surface area contributed by atoms with Crippen LogP contribution in [0.1, 0.15) is 0 Å². The van der Waals surface area contributed by atoms with Crippen LogP contribution in [0, 0.1) is 5.82 Å². The third-order valence-corrected chi connectivity index (χ3v) is 4.00. The van der Waals surface area contributed by atoms with Gasteiger partial charge in [0.1, 0.15) is 18.2 Å². The van der Waals surface area contributed by atoms with E-state index in [9.17, 15) is 9.18 Å². The van der Waals surface area contributed by atoms with E-state index in [0.29, 0.717) is 29.0 Å². The molecule has 4 rings (SSSR count). The number of halogens is 1. The SMILES string of the molecule is NC[C@H]1CN(c2ccc(-c3ccc4nncn4c3)c(F)c2)C(=O)O1. The van der Waals surface area contributed by atoms with Crippen LogP contribution in [0.2, 0.25) is 0 Å². The van der Waals surface area contributed by atoms with E-state index < -0.39 is 11.9 Å². The van der Waals surface area contributed by atoms with Gasteiger partial charge in [0.2, 0.25) is 0 Å². The minimum Gasteiger partial charge on any atom is -0.443 e. The highest BCUT2D eigenvalue weighted by Gasteiger charge is 2.31. The number of ether oxygens (including phenoxy) is 1. The number of rotatable bonds is 3. The van der Waals surface area contributed by atoms with E-state index in [1.54, 1.807) is 41.2 Å². The second-order valence-electron chi connectivity index (χ2n) is 5.53. The van der Waals surface area contributed by atoms with Crippen LogP contribution in [-0.2, 0) is 4.74 Å². The molecule has 3 aromatic rings. The Balaban J connectivity index is 1.68. The van der Waals surface area contributed by atoms with Gasteiger partial charge in [-0.1, -0.05) is 0 Å². The predicted octanol–water partition coefficient (Wildman–Crippen LogP) is 1.82. The molecule has 1 aromatic carbocycles. The molecule has 0 saturated carbocycles. The molecule has 1 fully saturated rings. The molecule has 1 aliphatic rings. The Morgan fingerprint density at radius 3 is 2.96 bits per heavy atom. The summed E-state index contributed by atoms with van der Waals surface area (Å²) in [4.78, 5) is 13.2. The maximum Gasteiger partial charge on any atom is 0.414 e. The molecular weight excluding hydrogens is 313 g/mol. The van der Waals surface area contributed by atoms with Crippen molar-refractivity contribution >= 4 is 17.4 Å². The standard InChI is InChI=1S/C16H14FN5O2/c17-14-5-11(22-8-12(6-18)24-16(22)23)2-3-13(14)10-1-4-15-20-19-9-21(15)7-10/h1-5,7,9,12H,6,8,18H2/t12-/m0/s1. The number of carbonyl (C=O) groups excluding carboxylic acids is 1. The molecule has 0 radical (unpaired) electrons. The Morgan fingerprint density at radius 1 is 1.33 bits per heavy atom. The maximum atomic E-state index is 14.6. The van der Waals surface area contributed by atoms with Crippen molar-refractivity contribution in [2.24, 2.45) is 5.73 Å². The number of amides is 1. The second kappa shape index (κ2) is 5.57. The molecule has 1 amide bonds. The lowest BCUT2D eigenvalue weighted by Gasteiger charge is -2.14. The third kappa shape index (κ3) is 2.37. The number of hydrogen-bond donors (Lipinski definition) is 1. The molecule has 2 aromatic heterocycles. The minimum absolute atomic E-state index is 0.238. The largest absolute Gasteiger partial charge is 0.443 e. The monoisotopic (exact) mass is 327 g/mol. The van der Waals surface area contributed by atoms with Gasteiger partial charge in [0, 0.05) is 23.9 Å². The summed E-state index contributed by atoms with van der Waals surface area (Å²) in [5.41, 5.74) is 7.76. The summed E-state index contributed by atoms with van der Waals surface area (Å²) < 4.78 is 21.4. The molecule has 7 nitrogen and oxygen atoms in total. The fourth-order valence-corrected chi connectivity index (χ4v) is 2.75. The highest BCUT2D eigenvalue weighted by atomic mass is 19.1. The van der Waals surface area contributed by atoms with Crippen molar-refractivity contribution in [2.75, 3.05) is 18.0 Å². The normalized spacial score (nSPS) is 17.5. The van der Waals surface area contributed by atoms with Crippen LogP contribution in [0.4, 0.5) is 14.9 Å².